The summed E-state index contributed by atoms with van der Waals surface area (Å²) in [6, 6.07) is 107. The molecule has 4 heterocycles. The monoisotopic (exact) mass is 1330 g/mol. The summed E-state index contributed by atoms with van der Waals surface area (Å²) < 4.78 is 99.5. The predicted octanol–water partition coefficient (Wildman–Crippen LogP) is 20.8. The van der Waals surface area contributed by atoms with Gasteiger partial charge in [0.1, 0.15) is 0 Å². The van der Waals surface area contributed by atoms with Crippen LogP contribution in [0.3, 0.4) is 0 Å². The van der Waals surface area contributed by atoms with Crippen molar-refractivity contribution < 1.29 is 26.3 Å². The molecule has 0 bridgehead atoms. The van der Waals surface area contributed by atoms with E-state index >= 15 is 13.2 Å². The second-order valence-electron chi connectivity index (χ2n) is 25.4. The van der Waals surface area contributed by atoms with Crippen LogP contribution in [0.15, 0.2) is 343 Å². The molecule has 0 radical (unpaired) electrons. The lowest BCUT2D eigenvalue weighted by Crippen LogP contribution is -2.65. The molecular formula is C86H55B2F6N5S. The van der Waals surface area contributed by atoms with Crippen molar-refractivity contribution in [1.82, 2.24) is 0 Å². The molecule has 0 fully saturated rings. The molecule has 478 valence electrons. The van der Waals surface area contributed by atoms with Crippen LogP contribution in [-0.4, -0.2) is 13.4 Å². The maximum absolute atomic E-state index is 18.2. The van der Waals surface area contributed by atoms with E-state index in [9.17, 15) is 13.2 Å². The van der Waals surface area contributed by atoms with Crippen molar-refractivity contribution in [1.29, 1.82) is 0 Å². The minimum atomic E-state index is -5.08. The van der Waals surface area contributed by atoms with Crippen LogP contribution in [0.5, 0.6) is 0 Å². The lowest BCUT2D eigenvalue weighted by Gasteiger charge is -2.47. The van der Waals surface area contributed by atoms with Crippen molar-refractivity contribution in [3.63, 3.8) is 0 Å². The van der Waals surface area contributed by atoms with Crippen LogP contribution in [0.2, 0.25) is 0 Å². The molecular weight excluding hydrogens is 1270 g/mol. The Bertz CT molecular complexity index is 5420. The molecule has 4 aliphatic heterocycles. The molecule has 4 aliphatic rings. The fourth-order valence-electron chi connectivity index (χ4n) is 15.5. The first-order chi connectivity index (χ1) is 48.9. The molecule has 0 N–H and O–H groups in total. The van der Waals surface area contributed by atoms with Gasteiger partial charge < -0.3 is 24.5 Å². The Labute approximate surface area is 579 Å². The summed E-state index contributed by atoms with van der Waals surface area (Å²) in [7, 11) is 0. The number of rotatable bonds is 11. The van der Waals surface area contributed by atoms with Gasteiger partial charge in [-0.2, -0.15) is 26.3 Å². The van der Waals surface area contributed by atoms with Gasteiger partial charge >= 0.3 is 12.4 Å². The van der Waals surface area contributed by atoms with Crippen LogP contribution >= 0.6 is 11.8 Å². The zero-order chi connectivity index (χ0) is 67.4. The van der Waals surface area contributed by atoms with E-state index in [1.54, 1.807) is 4.90 Å². The second-order valence-corrected chi connectivity index (χ2v) is 26.4. The SMILES string of the molecule is FC(F)(F)c1ccc(N2c3cc(N(c4ccccc4)c4ccccc4)cc4c3B(c3ccccc3N4c3ccccc3)c3cc4c(c(C(F)(F)F)c32)Sc2cc(N(c3ccc(-c5ccccc5)cc3)c3cccc(-c5ccccc5)c3)cc3c2B4c2ccccc2N3c2ccccc2)cc1. The van der Waals surface area contributed by atoms with Crippen LogP contribution in [0.4, 0.5) is 112 Å². The number of nitrogens with zero attached hydrogens (tertiary/aromatic N) is 5. The van der Waals surface area contributed by atoms with E-state index in [0.717, 1.165) is 114 Å². The van der Waals surface area contributed by atoms with Gasteiger partial charge in [-0.05, 0) is 183 Å². The predicted molar refractivity (Wildman–Crippen MR) is 401 cm³/mol. The highest BCUT2D eigenvalue weighted by Crippen LogP contribution is 2.55. The summed E-state index contributed by atoms with van der Waals surface area (Å²) in [4.78, 5) is 10.9. The summed E-state index contributed by atoms with van der Waals surface area (Å²) >= 11 is 1.10. The van der Waals surface area contributed by atoms with Crippen LogP contribution < -0.4 is 57.3 Å². The lowest BCUT2D eigenvalue weighted by molar-refractivity contribution is -0.139. The largest absolute Gasteiger partial charge is 0.419 e. The van der Waals surface area contributed by atoms with Gasteiger partial charge in [-0.1, -0.05) is 217 Å². The Hall–Kier alpha value is -11.9. The molecule has 14 heteroatoms. The van der Waals surface area contributed by atoms with Crippen LogP contribution in [-0.2, 0) is 12.4 Å². The van der Waals surface area contributed by atoms with Gasteiger partial charge in [0.15, 0.2) is 0 Å². The van der Waals surface area contributed by atoms with E-state index in [1.807, 2.05) is 206 Å². The van der Waals surface area contributed by atoms with Crippen molar-refractivity contribution in [3.05, 3.63) is 345 Å². The van der Waals surface area contributed by atoms with E-state index in [1.165, 1.54) is 12.1 Å². The number of anilines is 15. The first-order valence-electron chi connectivity index (χ1n) is 33.1. The van der Waals surface area contributed by atoms with Gasteiger partial charge in [-0.15, -0.1) is 0 Å². The van der Waals surface area contributed by atoms with Gasteiger partial charge in [-0.3, -0.25) is 0 Å². The topological polar surface area (TPSA) is 16.2 Å². The van der Waals surface area contributed by atoms with Gasteiger partial charge in [0.05, 0.1) is 22.5 Å². The molecule has 0 amide bonds. The van der Waals surface area contributed by atoms with Crippen molar-refractivity contribution in [2.24, 2.45) is 0 Å². The molecule has 0 saturated heterocycles. The second kappa shape index (κ2) is 24.0. The highest BCUT2D eigenvalue weighted by molar-refractivity contribution is 8.00. The summed E-state index contributed by atoms with van der Waals surface area (Å²) in [6.07, 6.45) is -9.83. The molecule has 14 aromatic rings. The summed E-state index contributed by atoms with van der Waals surface area (Å²) in [6.45, 7) is -1.60. The van der Waals surface area contributed by atoms with Gasteiger partial charge in [0, 0.05) is 83.7 Å². The van der Waals surface area contributed by atoms with E-state index in [0.29, 0.717) is 44.0 Å². The Balaban J connectivity index is 0.940. The number of benzene rings is 14. The molecule has 18 rings (SSSR count). The molecule has 0 atom stereocenters. The highest BCUT2D eigenvalue weighted by atomic mass is 32.2. The molecule has 14 aromatic carbocycles. The standard InChI is InChI=1S/C86H55B2F6N5S/c89-85(90,91)60-44-48-66(49-45-60)99-77-52-68(95(61-29-11-3-12-30-61)62-31-13-4-14-32-62)51-76-81(77)87(70-38-19-21-40-74(70)97(76)63-33-15-5-16-34-63)72-55-73-84(80(83(72)99)86(92,93)94)100-79-54-69(53-78-82(79)88(73)71-39-20-22-41-75(71)98(78)64-35-17-6-18-36-64)96(65-46-42-58(43-47-65)56-24-7-1-8-25-56)67-37-23-28-59(50-67)57-26-9-2-10-27-57/h1-55H. The summed E-state index contributed by atoms with van der Waals surface area (Å²) in [5, 5.41) is 0. The Kier molecular flexibility index (Phi) is 14.5. The number of alkyl halides is 6. The Morgan fingerprint density at radius 1 is 0.280 bits per heavy atom. The number of para-hydroxylation sites is 6. The minimum Gasteiger partial charge on any atom is -0.311 e. The summed E-state index contributed by atoms with van der Waals surface area (Å²) in [5.74, 6) is 0. The maximum Gasteiger partial charge on any atom is 0.419 e. The number of halogens is 6. The molecule has 5 nitrogen and oxygen atoms in total. The maximum atomic E-state index is 18.2. The smallest absolute Gasteiger partial charge is 0.311 e. The average Bonchev–Trinajstić information content (AvgIpc) is 0.682. The van der Waals surface area contributed by atoms with Crippen molar-refractivity contribution >= 4 is 143 Å². The van der Waals surface area contributed by atoms with Gasteiger partial charge in [-0.25, -0.2) is 0 Å². The molecule has 0 aliphatic carbocycles. The van der Waals surface area contributed by atoms with Crippen molar-refractivity contribution in [2.45, 2.75) is 22.1 Å². The van der Waals surface area contributed by atoms with Gasteiger partial charge in [0.2, 0.25) is 6.71 Å². The molecule has 0 unspecified atom stereocenters. The first kappa shape index (κ1) is 60.5. The zero-order valence-electron chi connectivity index (χ0n) is 53.3. The average molecular weight is 1330 g/mol. The Morgan fingerprint density at radius 3 is 1.23 bits per heavy atom. The van der Waals surface area contributed by atoms with Crippen LogP contribution in [0, 0.1) is 0 Å². The fourth-order valence-corrected chi connectivity index (χ4v) is 16.8. The van der Waals surface area contributed by atoms with Crippen LogP contribution in [0.1, 0.15) is 11.1 Å². The molecule has 0 spiro atoms. The van der Waals surface area contributed by atoms with E-state index < -0.39 is 36.9 Å². The number of hydrogen-bond acceptors (Lipinski definition) is 6. The van der Waals surface area contributed by atoms with Gasteiger partial charge in [0.25, 0.3) is 6.71 Å². The quantitative estimate of drug-likeness (QED) is 0.0941. The van der Waals surface area contributed by atoms with Crippen molar-refractivity contribution in [3.8, 4) is 22.3 Å². The number of fused-ring (bicyclic) bond motifs is 8. The highest BCUT2D eigenvalue weighted by Gasteiger charge is 2.53. The van der Waals surface area contributed by atoms with Crippen molar-refractivity contribution in [2.75, 3.05) is 24.5 Å². The van der Waals surface area contributed by atoms with E-state index in [-0.39, 0.29) is 16.3 Å². The lowest BCUT2D eigenvalue weighted by atomic mass is 9.30. The molecule has 100 heavy (non-hydrogen) atoms. The fraction of sp³-hybridized carbons (Fsp3) is 0.0233. The molecule has 0 aromatic heterocycles. The van der Waals surface area contributed by atoms with Crippen LogP contribution in [0.25, 0.3) is 22.3 Å². The Morgan fingerprint density at radius 2 is 0.690 bits per heavy atom. The third-order valence-corrected chi connectivity index (χ3v) is 20.8. The normalized spacial score (nSPS) is 13.2. The van der Waals surface area contributed by atoms with E-state index in [2.05, 4.69) is 123 Å². The number of hydrogen-bond donors (Lipinski definition) is 0. The third kappa shape index (κ3) is 10.1. The first-order valence-corrected chi connectivity index (χ1v) is 33.9. The minimum absolute atomic E-state index is 0.00148. The van der Waals surface area contributed by atoms with E-state index in [4.69, 9.17) is 0 Å². The zero-order valence-corrected chi connectivity index (χ0v) is 54.1. The molecule has 0 saturated carbocycles. The third-order valence-electron chi connectivity index (χ3n) is 19.6. The summed E-state index contributed by atoms with van der Waals surface area (Å²) in [5.41, 5.74) is 15.8.